The molecule has 0 aromatic heterocycles. The summed E-state index contributed by atoms with van der Waals surface area (Å²) in [5.74, 6) is -3.04. The van der Waals surface area contributed by atoms with E-state index < -0.39 is 35.1 Å². The Morgan fingerprint density at radius 2 is 1.79 bits per heavy atom. The first-order chi connectivity index (χ1) is 13.5. The van der Waals surface area contributed by atoms with E-state index in [-0.39, 0.29) is 5.56 Å². The van der Waals surface area contributed by atoms with E-state index in [0.717, 1.165) is 25.3 Å². The quantitative estimate of drug-likeness (QED) is 0.405. The Morgan fingerprint density at radius 3 is 2.50 bits per heavy atom. The molecule has 0 bridgehead atoms. The first kappa shape index (κ1) is 22.3. The van der Waals surface area contributed by atoms with Gasteiger partial charge in [-0.3, -0.25) is 4.79 Å². The summed E-state index contributed by atoms with van der Waals surface area (Å²) < 4.78 is 33.7. The van der Waals surface area contributed by atoms with Crippen LogP contribution in [0.5, 0.6) is 0 Å². The van der Waals surface area contributed by atoms with Gasteiger partial charge in [0.1, 0.15) is 23.2 Å². The number of ether oxygens (including phenoxy) is 1. The lowest BCUT2D eigenvalue weighted by atomic mass is 10.1. The van der Waals surface area contributed by atoms with Crippen LogP contribution in [0.4, 0.5) is 8.78 Å². The lowest BCUT2D eigenvalue weighted by molar-refractivity contribution is -0.148. The normalized spacial score (nSPS) is 16.4. The van der Waals surface area contributed by atoms with Gasteiger partial charge in [0.05, 0.1) is 6.61 Å². The van der Waals surface area contributed by atoms with Crippen molar-refractivity contribution in [2.24, 2.45) is 0 Å². The van der Waals surface area contributed by atoms with E-state index in [4.69, 9.17) is 4.74 Å². The van der Waals surface area contributed by atoms with E-state index in [1.807, 2.05) is 0 Å². The summed E-state index contributed by atoms with van der Waals surface area (Å²) >= 11 is 0. The van der Waals surface area contributed by atoms with Crippen molar-refractivity contribution in [1.29, 1.82) is 0 Å². The number of halogens is 2. The zero-order chi connectivity index (χ0) is 20.5. The number of aryl methyl sites for hydroxylation is 1. The Morgan fingerprint density at radius 1 is 1.11 bits per heavy atom. The average molecular weight is 395 g/mol. The van der Waals surface area contributed by atoms with Gasteiger partial charge in [0.25, 0.3) is 5.91 Å². The summed E-state index contributed by atoms with van der Waals surface area (Å²) in [4.78, 5) is 26.3. The molecule has 28 heavy (non-hydrogen) atoms. The number of likely N-dealkylation sites (tertiary alicyclic amines) is 1. The first-order valence-electron chi connectivity index (χ1n) is 10.4. The summed E-state index contributed by atoms with van der Waals surface area (Å²) in [6.07, 6.45) is 8.88. The van der Waals surface area contributed by atoms with Crippen molar-refractivity contribution in [2.45, 2.75) is 77.7 Å². The van der Waals surface area contributed by atoms with Gasteiger partial charge in [0.15, 0.2) is 0 Å². The van der Waals surface area contributed by atoms with Gasteiger partial charge in [0, 0.05) is 6.54 Å². The van der Waals surface area contributed by atoms with Crippen molar-refractivity contribution < 1.29 is 23.1 Å². The summed E-state index contributed by atoms with van der Waals surface area (Å²) in [6, 6.07) is 1.60. The molecule has 0 N–H and O–H groups in total. The maximum absolute atomic E-state index is 14.3. The molecule has 1 saturated heterocycles. The Balaban J connectivity index is 1.86. The van der Waals surface area contributed by atoms with Crippen LogP contribution in [-0.2, 0) is 9.53 Å². The number of unbranched alkanes of at least 4 members (excludes halogenated alkanes) is 6. The van der Waals surface area contributed by atoms with Crippen LogP contribution in [-0.4, -0.2) is 36.0 Å². The van der Waals surface area contributed by atoms with Crippen molar-refractivity contribution in [1.82, 2.24) is 4.90 Å². The van der Waals surface area contributed by atoms with Crippen LogP contribution in [0.15, 0.2) is 12.1 Å². The average Bonchev–Trinajstić information content (AvgIpc) is 3.17. The van der Waals surface area contributed by atoms with Crippen LogP contribution in [0.25, 0.3) is 0 Å². The molecule has 1 fully saturated rings. The molecule has 0 radical (unpaired) electrons. The molecule has 1 aromatic carbocycles. The lowest BCUT2D eigenvalue weighted by Crippen LogP contribution is -2.42. The van der Waals surface area contributed by atoms with Crippen LogP contribution in [0.2, 0.25) is 0 Å². The number of carbonyl (C=O) groups excluding carboxylic acids is 2. The summed E-state index contributed by atoms with van der Waals surface area (Å²) in [5.41, 5.74) is -0.395. The highest BCUT2D eigenvalue weighted by atomic mass is 19.1. The summed E-state index contributed by atoms with van der Waals surface area (Å²) in [7, 11) is 0. The minimum Gasteiger partial charge on any atom is -0.464 e. The van der Waals surface area contributed by atoms with Crippen LogP contribution >= 0.6 is 0 Å². The number of carbonyl (C=O) groups is 2. The minimum absolute atomic E-state index is 0.196. The first-order valence-corrected chi connectivity index (χ1v) is 10.4. The molecular weight excluding hydrogens is 364 g/mol. The van der Waals surface area contributed by atoms with Gasteiger partial charge < -0.3 is 9.64 Å². The molecule has 1 aliphatic rings. The number of rotatable bonds is 10. The van der Waals surface area contributed by atoms with E-state index in [1.54, 1.807) is 0 Å². The van der Waals surface area contributed by atoms with Crippen LogP contribution < -0.4 is 0 Å². The molecule has 0 aliphatic carbocycles. The summed E-state index contributed by atoms with van der Waals surface area (Å²) in [6.45, 7) is 4.27. The molecule has 156 valence electrons. The zero-order valence-corrected chi connectivity index (χ0v) is 16.9. The number of hydrogen-bond donors (Lipinski definition) is 0. The van der Waals surface area contributed by atoms with Gasteiger partial charge in [-0.1, -0.05) is 51.5 Å². The van der Waals surface area contributed by atoms with E-state index >= 15 is 0 Å². The monoisotopic (exact) mass is 395 g/mol. The fraction of sp³-hybridized carbons (Fsp3) is 0.636. The fourth-order valence-electron chi connectivity index (χ4n) is 3.58. The number of esters is 1. The highest BCUT2D eigenvalue weighted by Gasteiger charge is 2.37. The molecule has 1 unspecified atom stereocenters. The highest BCUT2D eigenvalue weighted by Crippen LogP contribution is 2.25. The minimum atomic E-state index is -0.907. The number of nitrogens with zero attached hydrogens (tertiary/aromatic N) is 1. The van der Waals surface area contributed by atoms with Crippen molar-refractivity contribution in [3.05, 3.63) is 34.9 Å². The molecule has 4 nitrogen and oxygen atoms in total. The molecular formula is C22H31F2NO3. The van der Waals surface area contributed by atoms with E-state index in [1.165, 1.54) is 43.6 Å². The van der Waals surface area contributed by atoms with Crippen molar-refractivity contribution in [3.63, 3.8) is 0 Å². The Hall–Kier alpha value is -1.98. The SMILES string of the molecule is CCCCCCCCCOC(=O)C1CCCN1C(=O)c1c(F)ccc(C)c1F. The summed E-state index contributed by atoms with van der Waals surface area (Å²) in [5, 5.41) is 0. The number of amides is 1. The second kappa shape index (κ2) is 11.1. The highest BCUT2D eigenvalue weighted by molar-refractivity contribution is 5.97. The Kier molecular flexibility index (Phi) is 8.87. The molecule has 6 heteroatoms. The molecule has 1 heterocycles. The second-order valence-corrected chi connectivity index (χ2v) is 7.50. The van der Waals surface area contributed by atoms with E-state index in [9.17, 15) is 18.4 Å². The van der Waals surface area contributed by atoms with Crippen LogP contribution in [0.3, 0.4) is 0 Å². The fourth-order valence-corrected chi connectivity index (χ4v) is 3.58. The zero-order valence-electron chi connectivity index (χ0n) is 16.9. The third kappa shape index (κ3) is 5.76. The van der Waals surface area contributed by atoms with Crippen LogP contribution in [0, 0.1) is 18.6 Å². The maximum Gasteiger partial charge on any atom is 0.328 e. The van der Waals surface area contributed by atoms with Gasteiger partial charge in [-0.2, -0.15) is 0 Å². The largest absolute Gasteiger partial charge is 0.464 e. The molecule has 1 aromatic rings. The smallest absolute Gasteiger partial charge is 0.328 e. The van der Waals surface area contributed by atoms with Gasteiger partial charge in [0.2, 0.25) is 0 Å². The third-order valence-corrected chi connectivity index (χ3v) is 5.28. The number of benzene rings is 1. The van der Waals surface area contributed by atoms with Crippen molar-refractivity contribution in [3.8, 4) is 0 Å². The Labute approximate surface area is 166 Å². The van der Waals surface area contributed by atoms with E-state index in [2.05, 4.69) is 6.92 Å². The molecule has 1 atom stereocenters. The van der Waals surface area contributed by atoms with Gasteiger partial charge in [-0.15, -0.1) is 0 Å². The molecule has 1 aliphatic heterocycles. The van der Waals surface area contributed by atoms with E-state index in [0.29, 0.717) is 26.0 Å². The predicted octanol–water partition coefficient (Wildman–Crippen LogP) is 5.17. The van der Waals surface area contributed by atoms with Gasteiger partial charge in [-0.05, 0) is 37.8 Å². The second-order valence-electron chi connectivity index (χ2n) is 7.50. The maximum atomic E-state index is 14.3. The standard InChI is InChI=1S/C22H31F2NO3/c1-3-4-5-6-7-8-9-15-28-22(27)18-11-10-14-25(18)21(26)19-17(23)13-12-16(2)20(19)24/h12-13,18H,3-11,14-15H2,1-2H3. The van der Waals surface area contributed by atoms with Crippen LogP contribution in [0.1, 0.15) is 80.6 Å². The van der Waals surface area contributed by atoms with Gasteiger partial charge in [-0.25, -0.2) is 13.6 Å². The molecule has 2 rings (SSSR count). The topological polar surface area (TPSA) is 46.6 Å². The predicted molar refractivity (Wildman–Crippen MR) is 104 cm³/mol. The molecule has 0 saturated carbocycles. The van der Waals surface area contributed by atoms with Crippen molar-refractivity contribution >= 4 is 11.9 Å². The third-order valence-electron chi connectivity index (χ3n) is 5.28. The number of hydrogen-bond acceptors (Lipinski definition) is 3. The van der Waals surface area contributed by atoms with Crippen molar-refractivity contribution in [2.75, 3.05) is 13.2 Å². The molecule has 0 spiro atoms. The Bertz CT molecular complexity index is 678. The van der Waals surface area contributed by atoms with Gasteiger partial charge >= 0.3 is 5.97 Å². The lowest BCUT2D eigenvalue weighted by Gasteiger charge is -2.24. The molecule has 1 amide bonds.